The molecule has 0 N–H and O–H groups in total. The Kier molecular flexibility index (Phi) is 6.39. The molecule has 5 rings (SSSR count). The van der Waals surface area contributed by atoms with Crippen molar-refractivity contribution in [2.45, 2.75) is 17.9 Å². The molecular formula is C25H25ClN4O4S. The lowest BCUT2D eigenvalue weighted by molar-refractivity contribution is -0.384. The molecule has 8 nitrogen and oxygen atoms in total. The third kappa shape index (κ3) is 4.71. The minimum absolute atomic E-state index is 0.0806. The Labute approximate surface area is 209 Å². The lowest BCUT2D eigenvalue weighted by Gasteiger charge is -2.36. The summed E-state index contributed by atoms with van der Waals surface area (Å²) < 4.78 is 27.5. The second-order valence-electron chi connectivity index (χ2n) is 8.72. The Balaban J connectivity index is 1.35. The maximum Gasteiger partial charge on any atom is 0.292 e. The van der Waals surface area contributed by atoms with Gasteiger partial charge in [0.15, 0.2) is 0 Å². The molecule has 0 unspecified atom stereocenters. The first-order valence-corrected chi connectivity index (χ1v) is 13.3. The molecule has 2 heterocycles. The molecule has 2 aliphatic heterocycles. The summed E-state index contributed by atoms with van der Waals surface area (Å²) in [6.07, 6.45) is 0.832. The Morgan fingerprint density at radius 2 is 1.51 bits per heavy atom. The van der Waals surface area contributed by atoms with Crippen LogP contribution in [0, 0.1) is 10.1 Å². The molecule has 1 fully saturated rings. The van der Waals surface area contributed by atoms with E-state index < -0.39 is 10.0 Å². The van der Waals surface area contributed by atoms with Gasteiger partial charge in [-0.1, -0.05) is 35.9 Å². The number of benzene rings is 3. The number of hydrogen-bond acceptors (Lipinski definition) is 6. The molecule has 182 valence electrons. The number of anilines is 2. The summed E-state index contributed by atoms with van der Waals surface area (Å²) in [5.74, 6) is 0. The molecule has 0 bridgehead atoms. The van der Waals surface area contributed by atoms with Crippen LogP contribution in [0.2, 0.25) is 5.02 Å². The predicted octanol–water partition coefficient (Wildman–Crippen LogP) is 4.32. The van der Waals surface area contributed by atoms with Gasteiger partial charge < -0.3 is 9.80 Å². The highest BCUT2D eigenvalue weighted by atomic mass is 35.5. The van der Waals surface area contributed by atoms with E-state index in [9.17, 15) is 18.5 Å². The van der Waals surface area contributed by atoms with Gasteiger partial charge in [0.25, 0.3) is 5.69 Å². The van der Waals surface area contributed by atoms with Crippen molar-refractivity contribution in [2.24, 2.45) is 0 Å². The van der Waals surface area contributed by atoms with Crippen LogP contribution in [-0.2, 0) is 23.0 Å². The van der Waals surface area contributed by atoms with Crippen LogP contribution in [0.4, 0.5) is 17.1 Å². The van der Waals surface area contributed by atoms with E-state index in [1.807, 2.05) is 18.2 Å². The van der Waals surface area contributed by atoms with Crippen LogP contribution < -0.4 is 9.80 Å². The van der Waals surface area contributed by atoms with Gasteiger partial charge in [0, 0.05) is 56.0 Å². The molecule has 0 atom stereocenters. The highest BCUT2D eigenvalue weighted by Gasteiger charge is 2.30. The highest BCUT2D eigenvalue weighted by molar-refractivity contribution is 7.89. The molecule has 0 saturated carbocycles. The Hall–Kier alpha value is -3.14. The first-order chi connectivity index (χ1) is 16.8. The monoisotopic (exact) mass is 512 g/mol. The molecule has 0 aromatic heterocycles. The second-order valence-corrected chi connectivity index (χ2v) is 11.1. The lowest BCUT2D eigenvalue weighted by atomic mass is 9.99. The molecule has 1 saturated heterocycles. The van der Waals surface area contributed by atoms with Gasteiger partial charge in [-0.3, -0.25) is 10.1 Å². The molecule has 3 aromatic carbocycles. The summed E-state index contributed by atoms with van der Waals surface area (Å²) in [4.78, 5) is 15.8. The number of piperazine rings is 1. The molecule has 10 heteroatoms. The van der Waals surface area contributed by atoms with Crippen LogP contribution in [0.15, 0.2) is 71.6 Å². The molecule has 0 amide bonds. The van der Waals surface area contributed by atoms with Crippen LogP contribution in [0.5, 0.6) is 0 Å². The number of nitro benzene ring substituents is 1. The fourth-order valence-corrected chi connectivity index (χ4v) is 6.31. The number of halogens is 1. The molecule has 3 aromatic rings. The normalized spacial score (nSPS) is 16.7. The van der Waals surface area contributed by atoms with Gasteiger partial charge in [0.1, 0.15) is 5.69 Å². The SMILES string of the molecule is O=[N+]([O-])c1ccc(N2CCN(S(=O)(=O)c3ccc(Cl)cc3)CC2)cc1N1CCc2ccccc2C1. The van der Waals surface area contributed by atoms with Gasteiger partial charge in [-0.15, -0.1) is 0 Å². The van der Waals surface area contributed by atoms with Crippen LogP contribution in [0.3, 0.4) is 0 Å². The minimum Gasteiger partial charge on any atom is -0.369 e. The zero-order valence-electron chi connectivity index (χ0n) is 19.0. The van der Waals surface area contributed by atoms with Gasteiger partial charge in [-0.05, 0) is 53.9 Å². The maximum absolute atomic E-state index is 13.0. The number of fused-ring (bicyclic) bond motifs is 1. The van der Waals surface area contributed by atoms with Crippen LogP contribution in [-0.4, -0.2) is 50.4 Å². The van der Waals surface area contributed by atoms with Crippen LogP contribution in [0.1, 0.15) is 11.1 Å². The number of nitrogens with zero attached hydrogens (tertiary/aromatic N) is 4. The van der Waals surface area contributed by atoms with Crippen molar-refractivity contribution in [3.63, 3.8) is 0 Å². The van der Waals surface area contributed by atoms with E-state index in [0.29, 0.717) is 50.0 Å². The number of rotatable bonds is 5. The Morgan fingerprint density at radius 3 is 2.20 bits per heavy atom. The number of sulfonamides is 1. The predicted molar refractivity (Wildman–Crippen MR) is 137 cm³/mol. The van der Waals surface area contributed by atoms with Crippen molar-refractivity contribution in [3.05, 3.63) is 93.0 Å². The van der Waals surface area contributed by atoms with Crippen molar-refractivity contribution in [1.82, 2.24) is 4.31 Å². The van der Waals surface area contributed by atoms with E-state index in [1.165, 1.54) is 27.6 Å². The van der Waals surface area contributed by atoms with Gasteiger partial charge >= 0.3 is 0 Å². The average molecular weight is 513 g/mol. The number of hydrogen-bond donors (Lipinski definition) is 0. The van der Waals surface area contributed by atoms with Crippen molar-refractivity contribution >= 4 is 38.7 Å². The van der Waals surface area contributed by atoms with Crippen molar-refractivity contribution in [1.29, 1.82) is 0 Å². The smallest absolute Gasteiger partial charge is 0.292 e. The van der Waals surface area contributed by atoms with Gasteiger partial charge in [-0.2, -0.15) is 4.31 Å². The summed E-state index contributed by atoms with van der Waals surface area (Å²) in [6, 6.07) is 19.5. The summed E-state index contributed by atoms with van der Waals surface area (Å²) in [5.41, 5.74) is 3.99. The zero-order chi connectivity index (χ0) is 24.6. The van der Waals surface area contributed by atoms with Crippen LogP contribution in [0.25, 0.3) is 0 Å². The van der Waals surface area contributed by atoms with Gasteiger partial charge in [-0.25, -0.2) is 8.42 Å². The van der Waals surface area contributed by atoms with Crippen LogP contribution >= 0.6 is 11.6 Å². The molecular weight excluding hydrogens is 488 g/mol. The molecule has 0 spiro atoms. The van der Waals surface area contributed by atoms with E-state index in [0.717, 1.165) is 12.1 Å². The summed E-state index contributed by atoms with van der Waals surface area (Å²) >= 11 is 5.90. The molecule has 35 heavy (non-hydrogen) atoms. The zero-order valence-corrected chi connectivity index (χ0v) is 20.6. The standard InChI is InChI=1S/C25H25ClN4O4S/c26-21-5-8-23(9-6-21)35(33,34)29-15-13-27(14-16-29)22-7-10-24(30(31)32)25(17-22)28-12-11-19-3-1-2-4-20(19)18-28/h1-10,17H,11-16,18H2. The summed E-state index contributed by atoms with van der Waals surface area (Å²) in [5, 5.41) is 12.3. The third-order valence-electron chi connectivity index (χ3n) is 6.68. The topological polar surface area (TPSA) is 87.0 Å². The maximum atomic E-state index is 13.0. The van der Waals surface area contributed by atoms with Gasteiger partial charge in [0.05, 0.1) is 9.82 Å². The molecule has 2 aliphatic rings. The highest BCUT2D eigenvalue weighted by Crippen LogP contribution is 2.36. The van der Waals surface area contributed by atoms with Crippen molar-refractivity contribution in [2.75, 3.05) is 42.5 Å². The summed E-state index contributed by atoms with van der Waals surface area (Å²) in [7, 11) is -3.61. The second kappa shape index (κ2) is 9.49. The van der Waals surface area contributed by atoms with Crippen molar-refractivity contribution in [3.8, 4) is 0 Å². The average Bonchev–Trinajstić information content (AvgIpc) is 2.88. The van der Waals surface area contributed by atoms with E-state index in [4.69, 9.17) is 11.6 Å². The van der Waals surface area contributed by atoms with Crippen molar-refractivity contribution < 1.29 is 13.3 Å². The lowest BCUT2D eigenvalue weighted by Crippen LogP contribution is -2.48. The van der Waals surface area contributed by atoms with E-state index >= 15 is 0 Å². The fourth-order valence-electron chi connectivity index (χ4n) is 4.76. The minimum atomic E-state index is -3.61. The first kappa shape index (κ1) is 23.6. The van der Waals surface area contributed by atoms with Gasteiger partial charge in [0.2, 0.25) is 10.0 Å². The number of nitro groups is 1. The summed E-state index contributed by atoms with van der Waals surface area (Å²) in [6.45, 7) is 2.96. The third-order valence-corrected chi connectivity index (χ3v) is 8.85. The fraction of sp³-hybridized carbons (Fsp3) is 0.280. The Bertz CT molecular complexity index is 1360. The molecule has 0 aliphatic carbocycles. The first-order valence-electron chi connectivity index (χ1n) is 11.4. The van der Waals surface area contributed by atoms with E-state index in [2.05, 4.69) is 21.9 Å². The molecule has 0 radical (unpaired) electrons. The largest absolute Gasteiger partial charge is 0.369 e. The van der Waals surface area contributed by atoms with E-state index in [-0.39, 0.29) is 15.5 Å². The quantitative estimate of drug-likeness (QED) is 0.374. The Morgan fingerprint density at radius 1 is 0.829 bits per heavy atom. The van der Waals surface area contributed by atoms with E-state index in [1.54, 1.807) is 24.3 Å².